The maximum absolute atomic E-state index is 12.2. The summed E-state index contributed by atoms with van der Waals surface area (Å²) in [6, 6.07) is 4.08. The van der Waals surface area contributed by atoms with E-state index < -0.39 is 22.0 Å². The SMILES string of the molecule is Cc1ccc(NC(=O)NCCCC(=O)O)cc1S(=O)(=O)N(C)C. The summed E-state index contributed by atoms with van der Waals surface area (Å²) in [6.07, 6.45) is 0.285. The molecule has 3 N–H and O–H groups in total. The van der Waals surface area contributed by atoms with Crippen molar-refractivity contribution in [3.05, 3.63) is 23.8 Å². The molecule has 0 saturated heterocycles. The predicted molar refractivity (Wildman–Crippen MR) is 85.9 cm³/mol. The Bertz CT molecular complexity index is 686. The lowest BCUT2D eigenvalue weighted by atomic mass is 10.2. The van der Waals surface area contributed by atoms with Crippen molar-refractivity contribution in [1.82, 2.24) is 9.62 Å². The maximum atomic E-state index is 12.2. The van der Waals surface area contributed by atoms with Crippen molar-refractivity contribution in [2.24, 2.45) is 0 Å². The van der Waals surface area contributed by atoms with Crippen molar-refractivity contribution in [3.63, 3.8) is 0 Å². The molecule has 0 fully saturated rings. The molecule has 0 aliphatic rings. The van der Waals surface area contributed by atoms with Gasteiger partial charge in [0.25, 0.3) is 0 Å². The minimum absolute atomic E-state index is 0.0317. The van der Waals surface area contributed by atoms with Gasteiger partial charge in [0.15, 0.2) is 0 Å². The summed E-state index contributed by atoms with van der Waals surface area (Å²) < 4.78 is 25.5. The fraction of sp³-hybridized carbons (Fsp3) is 0.429. The van der Waals surface area contributed by atoms with E-state index >= 15 is 0 Å². The Labute approximate surface area is 135 Å². The van der Waals surface area contributed by atoms with Gasteiger partial charge in [0.1, 0.15) is 0 Å². The summed E-state index contributed by atoms with van der Waals surface area (Å²) in [4.78, 5) is 22.2. The summed E-state index contributed by atoms with van der Waals surface area (Å²) in [5, 5.41) is 13.5. The second kappa shape index (κ2) is 7.93. The number of aryl methyl sites for hydroxylation is 1. The van der Waals surface area contributed by atoms with Gasteiger partial charge in [-0.05, 0) is 31.0 Å². The number of benzene rings is 1. The molecule has 0 atom stereocenters. The van der Waals surface area contributed by atoms with Gasteiger partial charge in [0.05, 0.1) is 4.90 Å². The van der Waals surface area contributed by atoms with Gasteiger partial charge in [0, 0.05) is 32.7 Å². The third-order valence-corrected chi connectivity index (χ3v) is 5.01. The quantitative estimate of drug-likeness (QED) is 0.644. The monoisotopic (exact) mass is 343 g/mol. The Kier molecular flexibility index (Phi) is 6.52. The lowest BCUT2D eigenvalue weighted by molar-refractivity contribution is -0.137. The Morgan fingerprint density at radius 3 is 2.48 bits per heavy atom. The van der Waals surface area contributed by atoms with Crippen LogP contribution in [0.3, 0.4) is 0 Å². The van der Waals surface area contributed by atoms with Crippen molar-refractivity contribution in [2.45, 2.75) is 24.7 Å². The summed E-state index contributed by atoms with van der Waals surface area (Å²) >= 11 is 0. The largest absolute Gasteiger partial charge is 0.481 e. The van der Waals surface area contributed by atoms with Gasteiger partial charge in [0.2, 0.25) is 10.0 Å². The van der Waals surface area contributed by atoms with Gasteiger partial charge in [-0.3, -0.25) is 4.79 Å². The molecular weight excluding hydrogens is 322 g/mol. The van der Waals surface area contributed by atoms with Gasteiger partial charge in [-0.2, -0.15) is 0 Å². The number of carboxylic acids is 1. The molecule has 23 heavy (non-hydrogen) atoms. The first kappa shape index (κ1) is 18.9. The van der Waals surface area contributed by atoms with Crippen LogP contribution in [0.4, 0.5) is 10.5 Å². The molecule has 1 rings (SSSR count). The number of amides is 2. The average molecular weight is 343 g/mol. The number of rotatable bonds is 7. The molecule has 1 aromatic carbocycles. The second-order valence-electron chi connectivity index (χ2n) is 5.15. The van der Waals surface area contributed by atoms with Gasteiger partial charge < -0.3 is 15.7 Å². The fourth-order valence-electron chi connectivity index (χ4n) is 1.77. The van der Waals surface area contributed by atoms with Crippen LogP contribution in [0, 0.1) is 6.92 Å². The molecule has 9 heteroatoms. The number of nitrogens with zero attached hydrogens (tertiary/aromatic N) is 1. The molecule has 2 amide bonds. The molecule has 0 bridgehead atoms. The third-order valence-electron chi connectivity index (χ3n) is 3.06. The average Bonchev–Trinajstić information content (AvgIpc) is 2.45. The van der Waals surface area contributed by atoms with Gasteiger partial charge in [-0.25, -0.2) is 17.5 Å². The molecule has 0 spiro atoms. The molecule has 0 heterocycles. The number of anilines is 1. The Morgan fingerprint density at radius 1 is 1.26 bits per heavy atom. The van der Waals surface area contributed by atoms with Gasteiger partial charge in [-0.15, -0.1) is 0 Å². The normalized spacial score (nSPS) is 11.3. The van der Waals surface area contributed by atoms with Crippen LogP contribution in [-0.2, 0) is 14.8 Å². The number of sulfonamides is 1. The van der Waals surface area contributed by atoms with E-state index in [9.17, 15) is 18.0 Å². The minimum atomic E-state index is -3.60. The van der Waals surface area contributed by atoms with Crippen molar-refractivity contribution in [2.75, 3.05) is 26.0 Å². The smallest absolute Gasteiger partial charge is 0.319 e. The van der Waals surface area contributed by atoms with E-state index in [0.29, 0.717) is 17.7 Å². The molecule has 0 aliphatic carbocycles. The number of hydrogen-bond acceptors (Lipinski definition) is 4. The Balaban J connectivity index is 2.75. The van der Waals surface area contributed by atoms with E-state index in [1.807, 2.05) is 0 Å². The summed E-state index contributed by atoms with van der Waals surface area (Å²) in [5.74, 6) is -0.927. The number of carbonyl (C=O) groups excluding carboxylic acids is 1. The number of aliphatic carboxylic acids is 1. The lowest BCUT2D eigenvalue weighted by Crippen LogP contribution is -2.30. The highest BCUT2D eigenvalue weighted by Gasteiger charge is 2.20. The lowest BCUT2D eigenvalue weighted by Gasteiger charge is -2.15. The van der Waals surface area contributed by atoms with E-state index in [1.54, 1.807) is 19.1 Å². The second-order valence-corrected chi connectivity index (χ2v) is 7.27. The molecule has 8 nitrogen and oxygen atoms in total. The number of urea groups is 1. The van der Waals surface area contributed by atoms with Gasteiger partial charge in [-0.1, -0.05) is 6.07 Å². The standard InChI is InChI=1S/C14H21N3O5S/c1-10-6-7-11(9-12(10)23(21,22)17(2)3)16-14(20)15-8-4-5-13(18)19/h6-7,9H,4-5,8H2,1-3H3,(H,18,19)(H2,15,16,20). The highest BCUT2D eigenvalue weighted by Crippen LogP contribution is 2.22. The Morgan fingerprint density at radius 2 is 1.91 bits per heavy atom. The molecule has 128 valence electrons. The highest BCUT2D eigenvalue weighted by atomic mass is 32.2. The highest BCUT2D eigenvalue weighted by molar-refractivity contribution is 7.89. The summed E-state index contributed by atoms with van der Waals surface area (Å²) in [7, 11) is -0.731. The van der Waals surface area contributed by atoms with E-state index in [0.717, 1.165) is 4.31 Å². The van der Waals surface area contributed by atoms with E-state index in [4.69, 9.17) is 5.11 Å². The zero-order valence-corrected chi connectivity index (χ0v) is 14.1. The van der Waals surface area contributed by atoms with Crippen LogP contribution in [0.2, 0.25) is 0 Å². The number of hydrogen-bond donors (Lipinski definition) is 3. The number of carbonyl (C=O) groups is 2. The molecular formula is C14H21N3O5S. The maximum Gasteiger partial charge on any atom is 0.319 e. The van der Waals surface area contributed by atoms with Crippen LogP contribution < -0.4 is 10.6 Å². The number of carboxylic acid groups (broad SMARTS) is 1. The first-order valence-electron chi connectivity index (χ1n) is 6.94. The Hall–Kier alpha value is -2.13. The van der Waals surface area contributed by atoms with Crippen LogP contribution in [0.25, 0.3) is 0 Å². The zero-order chi connectivity index (χ0) is 17.6. The van der Waals surface area contributed by atoms with Crippen LogP contribution in [-0.4, -0.2) is 50.5 Å². The van der Waals surface area contributed by atoms with Gasteiger partial charge >= 0.3 is 12.0 Å². The first-order chi connectivity index (χ1) is 10.6. The summed E-state index contributed by atoms with van der Waals surface area (Å²) in [5.41, 5.74) is 0.915. The fourth-order valence-corrected chi connectivity index (χ4v) is 2.91. The van der Waals surface area contributed by atoms with Crippen molar-refractivity contribution in [1.29, 1.82) is 0 Å². The van der Waals surface area contributed by atoms with E-state index in [-0.39, 0.29) is 17.9 Å². The third kappa shape index (κ3) is 5.53. The number of nitrogens with one attached hydrogen (secondary N) is 2. The molecule has 0 radical (unpaired) electrons. The van der Waals surface area contributed by atoms with Crippen LogP contribution >= 0.6 is 0 Å². The van der Waals surface area contributed by atoms with E-state index in [1.165, 1.54) is 20.2 Å². The summed E-state index contributed by atoms with van der Waals surface area (Å²) in [6.45, 7) is 1.89. The molecule has 0 saturated carbocycles. The van der Waals surface area contributed by atoms with Crippen molar-refractivity contribution < 1.29 is 23.1 Å². The van der Waals surface area contributed by atoms with E-state index in [2.05, 4.69) is 10.6 Å². The minimum Gasteiger partial charge on any atom is -0.481 e. The molecule has 0 aromatic heterocycles. The van der Waals surface area contributed by atoms with Crippen LogP contribution in [0.5, 0.6) is 0 Å². The molecule has 0 unspecified atom stereocenters. The molecule has 0 aliphatic heterocycles. The van der Waals surface area contributed by atoms with Crippen LogP contribution in [0.15, 0.2) is 23.1 Å². The zero-order valence-electron chi connectivity index (χ0n) is 13.3. The molecule has 1 aromatic rings. The van der Waals surface area contributed by atoms with Crippen molar-refractivity contribution in [3.8, 4) is 0 Å². The van der Waals surface area contributed by atoms with Crippen molar-refractivity contribution >= 4 is 27.7 Å². The topological polar surface area (TPSA) is 116 Å². The van der Waals surface area contributed by atoms with Crippen LogP contribution in [0.1, 0.15) is 18.4 Å². The first-order valence-corrected chi connectivity index (χ1v) is 8.38. The predicted octanol–water partition coefficient (Wildman–Crippen LogP) is 1.23.